The molecule has 0 aliphatic carbocycles. The Hall–Kier alpha value is -0.920. The van der Waals surface area contributed by atoms with Gasteiger partial charge in [-0.05, 0) is 19.3 Å². The zero-order valence-electron chi connectivity index (χ0n) is 12.4. The van der Waals surface area contributed by atoms with Crippen molar-refractivity contribution >= 4 is 10.0 Å². The summed E-state index contributed by atoms with van der Waals surface area (Å²) in [5.74, 6) is 0.366. The van der Waals surface area contributed by atoms with Crippen LogP contribution in [-0.2, 0) is 16.6 Å². The number of nitrogens with one attached hydrogen (secondary N) is 2. The van der Waals surface area contributed by atoms with Gasteiger partial charge in [0.1, 0.15) is 0 Å². The molecule has 0 bridgehead atoms. The number of aromatic nitrogens is 2. The summed E-state index contributed by atoms with van der Waals surface area (Å²) >= 11 is 0. The van der Waals surface area contributed by atoms with E-state index >= 15 is 0 Å². The Bertz CT molecular complexity index is 540. The monoisotopic (exact) mass is 300 g/mol. The van der Waals surface area contributed by atoms with Crippen LogP contribution in [-0.4, -0.2) is 48.3 Å². The molecular weight excluding hydrogens is 276 g/mol. The molecule has 0 radical (unpaired) electrons. The van der Waals surface area contributed by atoms with Crippen molar-refractivity contribution in [2.45, 2.75) is 39.3 Å². The Morgan fingerprint density at radius 2 is 2.30 bits per heavy atom. The van der Waals surface area contributed by atoms with Crippen molar-refractivity contribution in [1.29, 1.82) is 0 Å². The summed E-state index contributed by atoms with van der Waals surface area (Å²) in [6, 6.07) is 0.368. The van der Waals surface area contributed by atoms with Gasteiger partial charge in [0, 0.05) is 36.9 Å². The molecule has 1 aromatic rings. The van der Waals surface area contributed by atoms with Gasteiger partial charge in [-0.25, -0.2) is 12.7 Å². The number of hydrogen-bond donors (Lipinski definition) is 2. The number of aryl methyl sites for hydroxylation is 1. The topological polar surface area (TPSA) is 78.1 Å². The fraction of sp³-hybridized carbons (Fsp3) is 0.769. The van der Waals surface area contributed by atoms with E-state index in [2.05, 4.69) is 22.4 Å². The number of sulfonamides is 1. The van der Waals surface area contributed by atoms with E-state index in [1.807, 2.05) is 13.1 Å². The maximum absolute atomic E-state index is 11.6. The standard InChI is InChI=1S/C13H24N4O2S/c1-4-11-9-17(20(3,18)19)6-5-13(11)14-7-12-8-15-16-10(12)2/h8,11,13-14H,4-7,9H2,1-3H3,(H,15,16). The van der Waals surface area contributed by atoms with E-state index in [0.29, 0.717) is 25.0 Å². The van der Waals surface area contributed by atoms with Crippen LogP contribution in [0.4, 0.5) is 0 Å². The first kappa shape index (κ1) is 15.5. The summed E-state index contributed by atoms with van der Waals surface area (Å²) in [5, 5.41) is 10.5. The average molecular weight is 300 g/mol. The first-order valence-corrected chi connectivity index (χ1v) is 8.94. The molecule has 2 N–H and O–H groups in total. The molecule has 2 rings (SSSR count). The Morgan fingerprint density at radius 1 is 1.55 bits per heavy atom. The Morgan fingerprint density at radius 3 is 2.85 bits per heavy atom. The molecule has 114 valence electrons. The van der Waals surface area contributed by atoms with Crippen LogP contribution in [0.5, 0.6) is 0 Å². The van der Waals surface area contributed by atoms with Crippen LogP contribution in [0.1, 0.15) is 31.0 Å². The van der Waals surface area contributed by atoms with Gasteiger partial charge in [-0.3, -0.25) is 5.10 Å². The third kappa shape index (κ3) is 3.59. The molecule has 1 fully saturated rings. The summed E-state index contributed by atoms with van der Waals surface area (Å²) in [7, 11) is -3.07. The summed E-state index contributed by atoms with van der Waals surface area (Å²) in [4.78, 5) is 0. The number of nitrogens with zero attached hydrogens (tertiary/aromatic N) is 2. The molecule has 20 heavy (non-hydrogen) atoms. The molecule has 2 heterocycles. The van der Waals surface area contributed by atoms with Gasteiger partial charge >= 0.3 is 0 Å². The van der Waals surface area contributed by atoms with Crippen LogP contribution in [0.25, 0.3) is 0 Å². The second kappa shape index (κ2) is 6.24. The lowest BCUT2D eigenvalue weighted by Gasteiger charge is -2.37. The van der Waals surface area contributed by atoms with Crippen LogP contribution >= 0.6 is 0 Å². The zero-order chi connectivity index (χ0) is 14.8. The second-order valence-electron chi connectivity index (χ2n) is 5.59. The highest BCUT2D eigenvalue weighted by atomic mass is 32.2. The van der Waals surface area contributed by atoms with Crippen molar-refractivity contribution in [3.05, 3.63) is 17.5 Å². The van der Waals surface area contributed by atoms with E-state index in [4.69, 9.17) is 0 Å². The number of hydrogen-bond acceptors (Lipinski definition) is 4. The minimum Gasteiger partial charge on any atom is -0.309 e. The maximum atomic E-state index is 11.6. The normalized spacial score (nSPS) is 24.9. The van der Waals surface area contributed by atoms with E-state index < -0.39 is 10.0 Å². The molecule has 0 aromatic carbocycles. The van der Waals surface area contributed by atoms with E-state index in [1.54, 1.807) is 4.31 Å². The Labute approximate surface area is 121 Å². The van der Waals surface area contributed by atoms with E-state index in [0.717, 1.165) is 25.1 Å². The van der Waals surface area contributed by atoms with E-state index in [1.165, 1.54) is 11.8 Å². The summed E-state index contributed by atoms with van der Waals surface area (Å²) in [6.07, 6.45) is 4.98. The average Bonchev–Trinajstić information content (AvgIpc) is 2.80. The highest BCUT2D eigenvalue weighted by molar-refractivity contribution is 7.88. The van der Waals surface area contributed by atoms with Gasteiger partial charge in [0.05, 0.1) is 12.5 Å². The third-order valence-corrected chi connectivity index (χ3v) is 5.45. The SMILES string of the molecule is CCC1CN(S(C)(=O)=O)CCC1NCc1cn[nH]c1C. The largest absolute Gasteiger partial charge is 0.309 e. The van der Waals surface area contributed by atoms with Crippen LogP contribution in [0, 0.1) is 12.8 Å². The van der Waals surface area contributed by atoms with E-state index in [-0.39, 0.29) is 0 Å². The predicted molar refractivity (Wildman–Crippen MR) is 78.8 cm³/mol. The number of piperidine rings is 1. The molecule has 2 atom stereocenters. The molecule has 0 saturated carbocycles. The lowest BCUT2D eigenvalue weighted by Crippen LogP contribution is -2.50. The first-order chi connectivity index (χ1) is 9.41. The van der Waals surface area contributed by atoms with Crippen LogP contribution in [0.15, 0.2) is 6.20 Å². The quantitative estimate of drug-likeness (QED) is 0.846. The summed E-state index contributed by atoms with van der Waals surface area (Å²) in [6.45, 7) is 6.14. The molecule has 2 unspecified atom stereocenters. The molecule has 1 aromatic heterocycles. The van der Waals surface area contributed by atoms with Gasteiger partial charge in [-0.2, -0.15) is 5.10 Å². The van der Waals surface area contributed by atoms with Gasteiger partial charge in [-0.1, -0.05) is 13.3 Å². The predicted octanol–water partition coefficient (Wildman–Crippen LogP) is 0.868. The van der Waals surface area contributed by atoms with Crippen LogP contribution in [0.3, 0.4) is 0 Å². The van der Waals surface area contributed by atoms with Crippen molar-refractivity contribution in [1.82, 2.24) is 19.8 Å². The summed E-state index contributed by atoms with van der Waals surface area (Å²) < 4.78 is 24.9. The Kier molecular flexibility index (Phi) is 4.82. The fourth-order valence-corrected chi connectivity index (χ4v) is 3.68. The third-order valence-electron chi connectivity index (χ3n) is 4.18. The van der Waals surface area contributed by atoms with Crippen molar-refractivity contribution < 1.29 is 8.42 Å². The Balaban J connectivity index is 1.94. The molecular formula is C13H24N4O2S. The van der Waals surface area contributed by atoms with Crippen molar-refractivity contribution in [2.75, 3.05) is 19.3 Å². The highest BCUT2D eigenvalue weighted by Crippen LogP contribution is 2.22. The molecule has 1 aliphatic heterocycles. The second-order valence-corrected chi connectivity index (χ2v) is 7.57. The lowest BCUT2D eigenvalue weighted by atomic mass is 9.91. The molecule has 0 spiro atoms. The van der Waals surface area contributed by atoms with Crippen molar-refractivity contribution in [3.8, 4) is 0 Å². The highest BCUT2D eigenvalue weighted by Gasteiger charge is 2.31. The molecule has 1 saturated heterocycles. The molecule has 6 nitrogen and oxygen atoms in total. The zero-order valence-corrected chi connectivity index (χ0v) is 13.2. The molecule has 7 heteroatoms. The van der Waals surface area contributed by atoms with Gasteiger partial charge in [0.15, 0.2) is 0 Å². The number of aromatic amines is 1. The summed E-state index contributed by atoms with van der Waals surface area (Å²) in [5.41, 5.74) is 2.25. The van der Waals surface area contributed by atoms with Crippen LogP contribution in [0.2, 0.25) is 0 Å². The number of rotatable bonds is 5. The van der Waals surface area contributed by atoms with Gasteiger partial charge in [0.25, 0.3) is 0 Å². The maximum Gasteiger partial charge on any atom is 0.211 e. The van der Waals surface area contributed by atoms with Crippen LogP contribution < -0.4 is 5.32 Å². The van der Waals surface area contributed by atoms with Gasteiger partial charge in [-0.15, -0.1) is 0 Å². The van der Waals surface area contributed by atoms with Crippen molar-refractivity contribution in [2.24, 2.45) is 5.92 Å². The first-order valence-electron chi connectivity index (χ1n) is 7.09. The minimum atomic E-state index is -3.07. The minimum absolute atomic E-state index is 0.366. The van der Waals surface area contributed by atoms with Gasteiger partial charge < -0.3 is 5.32 Å². The molecule has 0 amide bonds. The smallest absolute Gasteiger partial charge is 0.211 e. The van der Waals surface area contributed by atoms with Crippen molar-refractivity contribution in [3.63, 3.8) is 0 Å². The molecule has 1 aliphatic rings. The number of H-pyrrole nitrogens is 1. The van der Waals surface area contributed by atoms with E-state index in [9.17, 15) is 8.42 Å². The van der Waals surface area contributed by atoms with Gasteiger partial charge in [0.2, 0.25) is 10.0 Å². The lowest BCUT2D eigenvalue weighted by molar-refractivity contribution is 0.201. The fourth-order valence-electron chi connectivity index (χ4n) is 2.78.